The van der Waals surface area contributed by atoms with Crippen LogP contribution in [0.5, 0.6) is 0 Å². The van der Waals surface area contributed by atoms with E-state index in [9.17, 15) is 13.2 Å². The van der Waals surface area contributed by atoms with Crippen molar-refractivity contribution in [3.8, 4) is 0 Å². The van der Waals surface area contributed by atoms with Crippen LogP contribution in [0.3, 0.4) is 0 Å². The van der Waals surface area contributed by atoms with Gasteiger partial charge in [0.25, 0.3) is 0 Å². The zero-order valence-corrected chi connectivity index (χ0v) is 9.92. The van der Waals surface area contributed by atoms with Crippen LogP contribution in [0, 0.1) is 0 Å². The zero-order valence-electron chi connectivity index (χ0n) is 8.34. The molecular weight excluding hydrogens is 285 g/mol. The van der Waals surface area contributed by atoms with Crippen molar-refractivity contribution in [1.29, 1.82) is 0 Å². The molecule has 0 atom stereocenters. The molecule has 88 valence electrons. The van der Waals surface area contributed by atoms with Crippen molar-refractivity contribution in [2.45, 2.75) is 25.1 Å². The highest BCUT2D eigenvalue weighted by Gasteiger charge is 2.38. The van der Waals surface area contributed by atoms with Gasteiger partial charge in [0, 0.05) is 16.7 Å². The lowest BCUT2D eigenvalue weighted by Crippen LogP contribution is -2.36. The predicted molar refractivity (Wildman–Crippen MR) is 58.4 cm³/mol. The highest BCUT2D eigenvalue weighted by molar-refractivity contribution is 9.10. The highest BCUT2D eigenvalue weighted by atomic mass is 79.9. The largest absolute Gasteiger partial charge is 0.405 e. The van der Waals surface area contributed by atoms with Gasteiger partial charge in [-0.1, -0.05) is 0 Å². The first kappa shape index (κ1) is 11.7. The minimum absolute atomic E-state index is 0.00435. The monoisotopic (exact) mass is 294 g/mol. The Morgan fingerprint density at radius 1 is 1.38 bits per heavy atom. The Hall–Kier alpha value is -0.780. The van der Waals surface area contributed by atoms with E-state index < -0.39 is 12.7 Å². The lowest BCUT2D eigenvalue weighted by atomic mass is 10.4. The van der Waals surface area contributed by atoms with Gasteiger partial charge < -0.3 is 4.90 Å². The topological polar surface area (TPSA) is 16.1 Å². The number of aromatic nitrogens is 1. The summed E-state index contributed by atoms with van der Waals surface area (Å²) < 4.78 is 37.9. The van der Waals surface area contributed by atoms with Crippen molar-refractivity contribution in [3.05, 3.63) is 22.8 Å². The predicted octanol–water partition coefficient (Wildman–Crippen LogP) is 3.38. The maximum atomic E-state index is 12.4. The fourth-order valence-corrected chi connectivity index (χ4v) is 1.75. The van der Waals surface area contributed by atoms with Crippen molar-refractivity contribution < 1.29 is 13.2 Å². The summed E-state index contributed by atoms with van der Waals surface area (Å²) >= 11 is 3.21. The molecule has 0 radical (unpaired) electrons. The van der Waals surface area contributed by atoms with Crippen molar-refractivity contribution in [1.82, 2.24) is 4.98 Å². The molecule has 1 saturated carbocycles. The van der Waals surface area contributed by atoms with Gasteiger partial charge >= 0.3 is 6.18 Å². The summed E-state index contributed by atoms with van der Waals surface area (Å²) in [5.74, 6) is 0.392. The molecule has 0 aliphatic heterocycles. The van der Waals surface area contributed by atoms with E-state index in [4.69, 9.17) is 0 Å². The van der Waals surface area contributed by atoms with Gasteiger partial charge in [-0.15, -0.1) is 0 Å². The standard InChI is InChI=1S/C10H10BrF3N2/c11-7-1-4-9(15-5-7)16(8-2-3-8)6-10(12,13)14/h1,4-5,8H,2-3,6H2. The van der Waals surface area contributed by atoms with Gasteiger partial charge in [-0.3, -0.25) is 0 Å². The lowest BCUT2D eigenvalue weighted by molar-refractivity contribution is -0.120. The van der Waals surface area contributed by atoms with Gasteiger partial charge in [0.15, 0.2) is 0 Å². The number of nitrogens with zero attached hydrogens (tertiary/aromatic N) is 2. The summed E-state index contributed by atoms with van der Waals surface area (Å²) in [6, 6.07) is 3.30. The second kappa shape index (κ2) is 4.24. The van der Waals surface area contributed by atoms with Crippen LogP contribution >= 0.6 is 15.9 Å². The molecule has 0 bridgehead atoms. The maximum Gasteiger partial charge on any atom is 0.405 e. The van der Waals surface area contributed by atoms with Crippen LogP contribution in [0.15, 0.2) is 22.8 Å². The Balaban J connectivity index is 2.16. The van der Waals surface area contributed by atoms with Crippen molar-refractivity contribution in [2.24, 2.45) is 0 Å². The number of rotatable bonds is 3. The van der Waals surface area contributed by atoms with Gasteiger partial charge in [0.1, 0.15) is 12.4 Å². The Kier molecular flexibility index (Phi) is 3.10. The molecule has 1 aliphatic rings. The third-order valence-corrected chi connectivity index (χ3v) is 2.81. The van der Waals surface area contributed by atoms with E-state index in [1.807, 2.05) is 0 Å². The first-order chi connectivity index (χ1) is 7.46. The molecule has 1 fully saturated rings. The summed E-state index contributed by atoms with van der Waals surface area (Å²) in [5, 5.41) is 0. The second-order valence-corrected chi connectivity index (χ2v) is 4.72. The second-order valence-electron chi connectivity index (χ2n) is 3.81. The summed E-state index contributed by atoms with van der Waals surface area (Å²) in [7, 11) is 0. The highest BCUT2D eigenvalue weighted by Crippen LogP contribution is 2.33. The van der Waals surface area contributed by atoms with Crippen LogP contribution in [0.4, 0.5) is 19.0 Å². The fraction of sp³-hybridized carbons (Fsp3) is 0.500. The molecule has 0 amide bonds. The average molecular weight is 295 g/mol. The normalized spacial score (nSPS) is 16.2. The Morgan fingerprint density at radius 2 is 2.06 bits per heavy atom. The van der Waals surface area contributed by atoms with E-state index in [1.54, 1.807) is 12.1 Å². The molecular formula is C10H10BrF3N2. The molecule has 0 aromatic carbocycles. The quantitative estimate of drug-likeness (QED) is 0.850. The van der Waals surface area contributed by atoms with Crippen LogP contribution in [0.25, 0.3) is 0 Å². The molecule has 1 heterocycles. The average Bonchev–Trinajstić information content (AvgIpc) is 2.97. The van der Waals surface area contributed by atoms with Gasteiger partial charge in [-0.2, -0.15) is 13.2 Å². The lowest BCUT2D eigenvalue weighted by Gasteiger charge is -2.24. The molecule has 6 heteroatoms. The maximum absolute atomic E-state index is 12.4. The van der Waals surface area contributed by atoms with Crippen molar-refractivity contribution in [3.63, 3.8) is 0 Å². The minimum atomic E-state index is -4.18. The molecule has 1 aromatic heterocycles. The summed E-state index contributed by atoms with van der Waals surface area (Å²) in [4.78, 5) is 5.33. The van der Waals surface area contributed by atoms with Crippen LogP contribution in [-0.4, -0.2) is 23.7 Å². The Labute approximate surface area is 99.6 Å². The number of anilines is 1. The first-order valence-corrected chi connectivity index (χ1v) is 5.70. The molecule has 1 aliphatic carbocycles. The van der Waals surface area contributed by atoms with Crippen LogP contribution in [0.1, 0.15) is 12.8 Å². The van der Waals surface area contributed by atoms with E-state index >= 15 is 0 Å². The number of alkyl halides is 3. The third-order valence-electron chi connectivity index (χ3n) is 2.34. The molecule has 0 N–H and O–H groups in total. The van der Waals surface area contributed by atoms with Crippen LogP contribution in [0.2, 0.25) is 0 Å². The van der Waals surface area contributed by atoms with Gasteiger partial charge in [-0.25, -0.2) is 4.98 Å². The van der Waals surface area contributed by atoms with Crippen molar-refractivity contribution >= 4 is 21.7 Å². The van der Waals surface area contributed by atoms with Crippen LogP contribution < -0.4 is 4.90 Å². The molecule has 0 unspecified atom stereocenters. The molecule has 1 aromatic rings. The Morgan fingerprint density at radius 3 is 2.50 bits per heavy atom. The van der Waals surface area contributed by atoms with Gasteiger partial charge in [0.05, 0.1) is 0 Å². The van der Waals surface area contributed by atoms with E-state index in [1.165, 1.54) is 11.1 Å². The fourth-order valence-electron chi connectivity index (χ4n) is 1.51. The van der Waals surface area contributed by atoms with Gasteiger partial charge in [-0.05, 0) is 40.9 Å². The number of hydrogen-bond acceptors (Lipinski definition) is 2. The number of halogens is 4. The molecule has 0 saturated heterocycles. The molecule has 16 heavy (non-hydrogen) atoms. The first-order valence-electron chi connectivity index (χ1n) is 4.91. The third kappa shape index (κ3) is 3.10. The van der Waals surface area contributed by atoms with E-state index in [2.05, 4.69) is 20.9 Å². The smallest absolute Gasteiger partial charge is 0.345 e. The zero-order chi connectivity index (χ0) is 11.8. The molecule has 2 nitrogen and oxygen atoms in total. The molecule has 0 spiro atoms. The van der Waals surface area contributed by atoms with Crippen LogP contribution in [-0.2, 0) is 0 Å². The summed E-state index contributed by atoms with van der Waals surface area (Å²) in [6.45, 7) is -0.924. The van der Waals surface area contributed by atoms with E-state index in [0.29, 0.717) is 5.82 Å². The summed E-state index contributed by atoms with van der Waals surface area (Å²) in [5.41, 5.74) is 0. The van der Waals surface area contributed by atoms with Crippen molar-refractivity contribution in [2.75, 3.05) is 11.4 Å². The molecule has 2 rings (SSSR count). The van der Waals surface area contributed by atoms with E-state index in [0.717, 1.165) is 17.3 Å². The number of hydrogen-bond donors (Lipinski definition) is 0. The number of pyridine rings is 1. The Bertz CT molecular complexity index is 359. The summed E-state index contributed by atoms with van der Waals surface area (Å²) in [6.07, 6.45) is -1.04. The van der Waals surface area contributed by atoms with E-state index in [-0.39, 0.29) is 6.04 Å². The minimum Gasteiger partial charge on any atom is -0.345 e. The van der Waals surface area contributed by atoms with Gasteiger partial charge in [0.2, 0.25) is 0 Å². The SMILES string of the molecule is FC(F)(F)CN(c1ccc(Br)cn1)C1CC1.